The van der Waals surface area contributed by atoms with Crippen molar-refractivity contribution in [3.8, 4) is 0 Å². The van der Waals surface area contributed by atoms with E-state index in [2.05, 4.69) is 51.7 Å². The molecule has 22 heavy (non-hydrogen) atoms. The van der Waals surface area contributed by atoms with E-state index in [4.69, 9.17) is 4.74 Å². The number of guanidine groups is 1. The van der Waals surface area contributed by atoms with E-state index >= 15 is 0 Å². The van der Waals surface area contributed by atoms with E-state index in [9.17, 15) is 0 Å². The molecule has 2 rings (SSSR count). The van der Waals surface area contributed by atoms with Gasteiger partial charge in [0, 0.05) is 46.4 Å². The Morgan fingerprint density at radius 3 is 2.86 bits per heavy atom. The van der Waals surface area contributed by atoms with Crippen LogP contribution >= 0.6 is 0 Å². The molecule has 1 aliphatic heterocycles. The molecule has 1 aromatic carbocycles. The molecule has 0 fully saturated rings. The Morgan fingerprint density at radius 1 is 1.36 bits per heavy atom. The number of ether oxygens (including phenoxy) is 1. The minimum absolute atomic E-state index is 0.248. The van der Waals surface area contributed by atoms with Gasteiger partial charge in [0.1, 0.15) is 0 Å². The molecule has 0 aliphatic carbocycles. The zero-order valence-corrected chi connectivity index (χ0v) is 13.9. The van der Waals surface area contributed by atoms with Gasteiger partial charge in [0.25, 0.3) is 0 Å². The lowest BCUT2D eigenvalue weighted by Crippen LogP contribution is -2.46. The van der Waals surface area contributed by atoms with Crippen molar-refractivity contribution in [2.45, 2.75) is 25.9 Å². The fourth-order valence-corrected chi connectivity index (χ4v) is 2.80. The number of fused-ring (bicyclic) bond motifs is 1. The fourth-order valence-electron chi connectivity index (χ4n) is 2.80. The Kier molecular flexibility index (Phi) is 6.68. The van der Waals surface area contributed by atoms with Crippen LogP contribution in [0.25, 0.3) is 0 Å². The Balaban J connectivity index is 1.72. The van der Waals surface area contributed by atoms with Gasteiger partial charge in [-0.15, -0.1) is 0 Å². The van der Waals surface area contributed by atoms with E-state index in [1.165, 1.54) is 11.1 Å². The maximum atomic E-state index is 5.13. The molecule has 122 valence electrons. The second kappa shape index (κ2) is 8.76. The molecule has 1 aromatic rings. The first-order chi connectivity index (χ1) is 10.7. The molecule has 2 N–H and O–H groups in total. The molecule has 0 saturated heterocycles. The zero-order chi connectivity index (χ0) is 15.8. The number of aliphatic imine (C=N–C) groups is 1. The largest absolute Gasteiger partial charge is 0.383 e. The van der Waals surface area contributed by atoms with Crippen molar-refractivity contribution in [2.75, 3.05) is 40.4 Å². The SMILES string of the molecule is CN=C(NCCN1CCc2ccccc2C1)NC(C)COC. The van der Waals surface area contributed by atoms with Crippen LogP contribution in [0.15, 0.2) is 29.3 Å². The first kappa shape index (κ1) is 16.8. The molecule has 0 saturated carbocycles. The number of methoxy groups -OCH3 is 1. The molecule has 1 heterocycles. The molecule has 0 amide bonds. The number of hydrogen-bond donors (Lipinski definition) is 2. The molecule has 0 spiro atoms. The smallest absolute Gasteiger partial charge is 0.191 e. The van der Waals surface area contributed by atoms with Crippen LogP contribution in [-0.4, -0.2) is 57.3 Å². The molecule has 0 bridgehead atoms. The highest BCUT2D eigenvalue weighted by molar-refractivity contribution is 5.79. The van der Waals surface area contributed by atoms with E-state index in [0.29, 0.717) is 6.61 Å². The van der Waals surface area contributed by atoms with Crippen LogP contribution in [0.1, 0.15) is 18.1 Å². The highest BCUT2D eigenvalue weighted by Gasteiger charge is 2.15. The summed E-state index contributed by atoms with van der Waals surface area (Å²) in [6.45, 7) is 6.84. The maximum absolute atomic E-state index is 5.13. The van der Waals surface area contributed by atoms with Gasteiger partial charge in [0.15, 0.2) is 5.96 Å². The summed E-state index contributed by atoms with van der Waals surface area (Å²) >= 11 is 0. The van der Waals surface area contributed by atoms with Crippen LogP contribution in [-0.2, 0) is 17.7 Å². The van der Waals surface area contributed by atoms with Gasteiger partial charge >= 0.3 is 0 Å². The number of benzene rings is 1. The van der Waals surface area contributed by atoms with E-state index in [1.807, 2.05) is 0 Å². The number of hydrogen-bond acceptors (Lipinski definition) is 3. The van der Waals surface area contributed by atoms with Crippen LogP contribution in [0.3, 0.4) is 0 Å². The summed E-state index contributed by atoms with van der Waals surface area (Å²) < 4.78 is 5.13. The number of nitrogens with one attached hydrogen (secondary N) is 2. The summed E-state index contributed by atoms with van der Waals surface area (Å²) in [4.78, 5) is 6.74. The van der Waals surface area contributed by atoms with E-state index in [1.54, 1.807) is 14.2 Å². The third kappa shape index (κ3) is 5.00. The second-order valence-electron chi connectivity index (χ2n) is 5.79. The highest BCUT2D eigenvalue weighted by Crippen LogP contribution is 2.17. The molecular formula is C17H28N4O. The third-order valence-electron chi connectivity index (χ3n) is 3.95. The van der Waals surface area contributed by atoms with Gasteiger partial charge < -0.3 is 15.4 Å². The van der Waals surface area contributed by atoms with Crippen LogP contribution in [0.4, 0.5) is 0 Å². The van der Waals surface area contributed by atoms with E-state index in [-0.39, 0.29) is 6.04 Å². The summed E-state index contributed by atoms with van der Waals surface area (Å²) in [5.41, 5.74) is 2.96. The summed E-state index contributed by atoms with van der Waals surface area (Å²) in [7, 11) is 3.51. The van der Waals surface area contributed by atoms with Gasteiger partial charge in [-0.25, -0.2) is 0 Å². The third-order valence-corrected chi connectivity index (χ3v) is 3.95. The molecule has 0 radical (unpaired) electrons. The van der Waals surface area contributed by atoms with Crippen LogP contribution in [0.5, 0.6) is 0 Å². The van der Waals surface area contributed by atoms with Gasteiger partial charge in [-0.3, -0.25) is 9.89 Å². The van der Waals surface area contributed by atoms with Crippen molar-refractivity contribution in [3.63, 3.8) is 0 Å². The highest BCUT2D eigenvalue weighted by atomic mass is 16.5. The van der Waals surface area contributed by atoms with Gasteiger partial charge in [0.2, 0.25) is 0 Å². The molecule has 1 unspecified atom stereocenters. The summed E-state index contributed by atoms with van der Waals surface area (Å²) in [5.74, 6) is 0.835. The normalized spacial score (nSPS) is 17.0. The Morgan fingerprint density at radius 2 is 2.14 bits per heavy atom. The average molecular weight is 304 g/mol. The quantitative estimate of drug-likeness (QED) is 0.613. The van der Waals surface area contributed by atoms with Crippen molar-refractivity contribution < 1.29 is 4.74 Å². The minimum atomic E-state index is 0.248. The second-order valence-corrected chi connectivity index (χ2v) is 5.79. The van der Waals surface area contributed by atoms with Crippen LogP contribution < -0.4 is 10.6 Å². The molecule has 1 aliphatic rings. The van der Waals surface area contributed by atoms with Crippen molar-refractivity contribution in [1.29, 1.82) is 0 Å². The standard InChI is InChI=1S/C17H28N4O/c1-14(13-22-3)20-17(18-2)19-9-11-21-10-8-15-6-4-5-7-16(15)12-21/h4-7,14H,8-13H2,1-3H3,(H2,18,19,20). The lowest BCUT2D eigenvalue weighted by molar-refractivity contribution is 0.179. The predicted molar refractivity (Wildman–Crippen MR) is 91.3 cm³/mol. The van der Waals surface area contributed by atoms with Crippen molar-refractivity contribution in [3.05, 3.63) is 35.4 Å². The summed E-state index contributed by atoms with van der Waals surface area (Å²) in [5, 5.41) is 6.69. The average Bonchev–Trinajstić information content (AvgIpc) is 2.54. The Hall–Kier alpha value is -1.59. The van der Waals surface area contributed by atoms with E-state index in [0.717, 1.165) is 38.6 Å². The summed E-state index contributed by atoms with van der Waals surface area (Å²) in [6.07, 6.45) is 1.15. The first-order valence-corrected chi connectivity index (χ1v) is 7.98. The van der Waals surface area contributed by atoms with Crippen molar-refractivity contribution >= 4 is 5.96 Å². The molecule has 5 heteroatoms. The Labute approximate surface area is 133 Å². The molecule has 0 aromatic heterocycles. The molecular weight excluding hydrogens is 276 g/mol. The van der Waals surface area contributed by atoms with E-state index < -0.39 is 0 Å². The summed E-state index contributed by atoms with van der Waals surface area (Å²) in [6, 6.07) is 8.99. The monoisotopic (exact) mass is 304 g/mol. The fraction of sp³-hybridized carbons (Fsp3) is 0.588. The van der Waals surface area contributed by atoms with Gasteiger partial charge in [-0.1, -0.05) is 24.3 Å². The lowest BCUT2D eigenvalue weighted by Gasteiger charge is -2.29. The van der Waals surface area contributed by atoms with Gasteiger partial charge in [0.05, 0.1) is 6.61 Å². The lowest BCUT2D eigenvalue weighted by atomic mass is 10.00. The Bertz CT molecular complexity index is 489. The van der Waals surface area contributed by atoms with Gasteiger partial charge in [-0.05, 0) is 24.5 Å². The first-order valence-electron chi connectivity index (χ1n) is 7.98. The van der Waals surface area contributed by atoms with Crippen molar-refractivity contribution in [1.82, 2.24) is 15.5 Å². The number of rotatable bonds is 6. The molecule has 1 atom stereocenters. The van der Waals surface area contributed by atoms with Crippen LogP contribution in [0, 0.1) is 0 Å². The predicted octanol–water partition coefficient (Wildman–Crippen LogP) is 1.24. The van der Waals surface area contributed by atoms with Crippen LogP contribution in [0.2, 0.25) is 0 Å². The maximum Gasteiger partial charge on any atom is 0.191 e. The zero-order valence-electron chi connectivity index (χ0n) is 13.9. The molecule has 5 nitrogen and oxygen atoms in total. The topological polar surface area (TPSA) is 48.9 Å². The minimum Gasteiger partial charge on any atom is -0.383 e. The number of nitrogens with zero attached hydrogens (tertiary/aromatic N) is 2. The van der Waals surface area contributed by atoms with Crippen molar-refractivity contribution in [2.24, 2.45) is 4.99 Å². The van der Waals surface area contributed by atoms with Gasteiger partial charge in [-0.2, -0.15) is 0 Å².